The van der Waals surface area contributed by atoms with Crippen LogP contribution in [0.3, 0.4) is 0 Å². The number of hydrogen-bond acceptors (Lipinski definition) is 10. The number of carbonyl (C=O) groups is 4. The summed E-state index contributed by atoms with van der Waals surface area (Å²) in [6.45, 7) is 8.14. The summed E-state index contributed by atoms with van der Waals surface area (Å²) < 4.78 is 11.3. The van der Waals surface area contributed by atoms with Gasteiger partial charge in [0, 0.05) is 0 Å². The van der Waals surface area contributed by atoms with Gasteiger partial charge in [-0.1, -0.05) is 39.8 Å². The second-order valence-corrected chi connectivity index (χ2v) is 12.1. The summed E-state index contributed by atoms with van der Waals surface area (Å²) in [6, 6.07) is 7.14. The molecule has 10 heteroatoms. The van der Waals surface area contributed by atoms with Crippen molar-refractivity contribution >= 4 is 35.7 Å². The second-order valence-electron chi connectivity index (χ2n) is 12.1. The molecule has 0 bridgehead atoms. The largest absolute Gasteiger partial charge is 0.425 e. The maximum absolute atomic E-state index is 12.7. The minimum absolute atomic E-state index is 0.345. The number of aryl methyl sites for hydroxylation is 4. The molecule has 0 spiro atoms. The first-order chi connectivity index (χ1) is 22.3. The average molecular weight is 653 g/mol. The highest BCUT2D eigenvalue weighted by Crippen LogP contribution is 2.32. The van der Waals surface area contributed by atoms with Gasteiger partial charge in [0.25, 0.3) is 0 Å². The number of aliphatic hydroxyl groups is 4. The van der Waals surface area contributed by atoms with E-state index in [1.165, 1.54) is 26.0 Å². The number of benzene rings is 2. The van der Waals surface area contributed by atoms with E-state index in [1.807, 2.05) is 27.7 Å². The van der Waals surface area contributed by atoms with Crippen LogP contribution in [0.2, 0.25) is 0 Å². The Morgan fingerprint density at radius 3 is 1.09 bits per heavy atom. The van der Waals surface area contributed by atoms with Crippen molar-refractivity contribution in [2.45, 2.75) is 73.6 Å². The third kappa shape index (κ3) is 10.0. The molecule has 0 aliphatic heterocycles. The number of ether oxygens (including phenoxy) is 2. The number of carbonyl (C=O) groups excluding carboxylic acids is 4. The van der Waals surface area contributed by atoms with Gasteiger partial charge >= 0.3 is 11.9 Å². The minimum atomic E-state index is -1.44. The summed E-state index contributed by atoms with van der Waals surface area (Å²) in [5.74, 6) is -1.53. The fourth-order valence-corrected chi connectivity index (χ4v) is 4.53. The molecule has 2 aromatic carbocycles. The quantitative estimate of drug-likeness (QED) is 0.0800. The molecule has 2 rings (SSSR count). The van der Waals surface area contributed by atoms with Gasteiger partial charge in [0.1, 0.15) is 22.3 Å². The predicted molar refractivity (Wildman–Crippen MR) is 179 cm³/mol. The summed E-state index contributed by atoms with van der Waals surface area (Å²) in [7, 11) is 0. The lowest BCUT2D eigenvalue weighted by molar-refractivity contribution is -0.151. The van der Waals surface area contributed by atoms with E-state index < -0.39 is 60.8 Å². The fourth-order valence-electron chi connectivity index (χ4n) is 4.53. The molecule has 0 unspecified atom stereocenters. The van der Waals surface area contributed by atoms with Crippen molar-refractivity contribution in [2.24, 2.45) is 10.8 Å². The van der Waals surface area contributed by atoms with Gasteiger partial charge in [0.15, 0.2) is 11.6 Å². The highest BCUT2D eigenvalue weighted by molar-refractivity contribution is 6.11. The Balaban J connectivity index is 2.20. The summed E-state index contributed by atoms with van der Waals surface area (Å²) in [4.78, 5) is 50.7. The molecule has 0 amide bonds. The molecule has 256 valence electrons. The Morgan fingerprint density at radius 1 is 0.574 bits per heavy atom. The Bertz CT molecular complexity index is 1330. The molecule has 0 saturated heterocycles. The number of hydrogen-bond donors (Lipinski definition) is 4. The minimum Gasteiger partial charge on any atom is -0.425 e. The van der Waals surface area contributed by atoms with Crippen LogP contribution in [0.25, 0.3) is 12.2 Å². The number of ketones is 2. The zero-order valence-corrected chi connectivity index (χ0v) is 28.2. The molecular formula is C37H48O10. The fraction of sp³-hybridized carbons (Fsp3) is 0.459. The number of aliphatic hydroxyl groups excluding tert-OH is 4. The van der Waals surface area contributed by atoms with Crippen LogP contribution in [0.1, 0.15) is 81.3 Å². The van der Waals surface area contributed by atoms with Gasteiger partial charge < -0.3 is 29.9 Å². The van der Waals surface area contributed by atoms with Crippen LogP contribution in [-0.2, 0) is 44.9 Å². The van der Waals surface area contributed by atoms with Crippen molar-refractivity contribution in [3.63, 3.8) is 0 Å². The molecule has 0 atom stereocenters. The summed E-state index contributed by atoms with van der Waals surface area (Å²) in [5.41, 5.74) is 1.38. The standard InChI is InChI=1S/C37H48O10/c1-7-26-15-24(16-27(8-2)32(26)46-34(44)36(5,20-38)21-39)11-13-30(42)19-31(43)14-12-25-17-28(9-3)33(29(10-4)18-25)47-35(45)37(6,22-40)23-41/h11-18,38-41H,7-10,19-23H2,1-6H3/b13-11+,14-12+. The van der Waals surface area contributed by atoms with Crippen LogP contribution in [-0.4, -0.2) is 70.4 Å². The third-order valence-electron chi connectivity index (χ3n) is 8.10. The second kappa shape index (κ2) is 17.8. The molecule has 0 fully saturated rings. The van der Waals surface area contributed by atoms with Crippen LogP contribution >= 0.6 is 0 Å². The molecule has 0 heterocycles. The maximum Gasteiger partial charge on any atom is 0.321 e. The highest BCUT2D eigenvalue weighted by Gasteiger charge is 2.36. The van der Waals surface area contributed by atoms with E-state index in [-0.39, 0.29) is 6.42 Å². The predicted octanol–water partition coefficient (Wildman–Crippen LogP) is 3.98. The Morgan fingerprint density at radius 2 is 0.851 bits per heavy atom. The first-order valence-corrected chi connectivity index (χ1v) is 15.9. The number of allylic oxidation sites excluding steroid dienone is 2. The monoisotopic (exact) mass is 652 g/mol. The molecule has 4 N–H and O–H groups in total. The van der Waals surface area contributed by atoms with E-state index >= 15 is 0 Å². The van der Waals surface area contributed by atoms with E-state index in [2.05, 4.69) is 0 Å². The van der Waals surface area contributed by atoms with Gasteiger partial charge in [-0.25, -0.2) is 0 Å². The summed E-state index contributed by atoms with van der Waals surface area (Å²) >= 11 is 0. The van der Waals surface area contributed by atoms with Gasteiger partial charge in [-0.2, -0.15) is 0 Å². The van der Waals surface area contributed by atoms with Crippen molar-refractivity contribution in [1.29, 1.82) is 0 Å². The van der Waals surface area contributed by atoms with Crippen LogP contribution in [0.15, 0.2) is 36.4 Å². The van der Waals surface area contributed by atoms with Gasteiger partial charge in [0.05, 0.1) is 32.8 Å². The smallest absolute Gasteiger partial charge is 0.321 e. The normalized spacial score (nSPS) is 12.1. The zero-order valence-electron chi connectivity index (χ0n) is 28.2. The van der Waals surface area contributed by atoms with Crippen LogP contribution in [0.5, 0.6) is 11.5 Å². The Labute approximate surface area is 276 Å². The van der Waals surface area contributed by atoms with E-state index in [1.54, 1.807) is 36.4 Å². The lowest BCUT2D eigenvalue weighted by Gasteiger charge is -2.24. The van der Waals surface area contributed by atoms with Crippen molar-refractivity contribution in [3.8, 4) is 11.5 Å². The van der Waals surface area contributed by atoms with E-state index in [0.29, 0.717) is 48.3 Å². The first kappa shape index (κ1) is 39.2. The molecule has 0 radical (unpaired) electrons. The summed E-state index contributed by atoms with van der Waals surface area (Å²) in [5, 5.41) is 38.3. The van der Waals surface area contributed by atoms with Gasteiger partial charge in [-0.15, -0.1) is 0 Å². The molecule has 0 aliphatic rings. The summed E-state index contributed by atoms with van der Waals surface area (Å²) in [6.07, 6.45) is 7.63. The maximum atomic E-state index is 12.7. The van der Waals surface area contributed by atoms with Crippen molar-refractivity contribution in [1.82, 2.24) is 0 Å². The van der Waals surface area contributed by atoms with Crippen molar-refractivity contribution in [3.05, 3.63) is 69.8 Å². The third-order valence-corrected chi connectivity index (χ3v) is 8.10. The van der Waals surface area contributed by atoms with E-state index in [4.69, 9.17) is 9.47 Å². The van der Waals surface area contributed by atoms with Crippen LogP contribution in [0, 0.1) is 10.8 Å². The molecular weight excluding hydrogens is 604 g/mol. The van der Waals surface area contributed by atoms with Gasteiger partial charge in [0.2, 0.25) is 0 Å². The Kier molecular flexibility index (Phi) is 14.9. The Hall–Kier alpha value is -3.96. The first-order valence-electron chi connectivity index (χ1n) is 15.9. The lowest BCUT2D eigenvalue weighted by Crippen LogP contribution is -2.39. The SMILES string of the molecule is CCc1cc(/C=C/C(=O)CC(=O)/C=C/c2cc(CC)c(OC(=O)C(C)(CO)CO)c(CC)c2)cc(CC)c1OC(=O)C(C)(CO)CO. The van der Waals surface area contributed by atoms with E-state index in [0.717, 1.165) is 22.3 Å². The molecule has 47 heavy (non-hydrogen) atoms. The number of rotatable bonds is 18. The van der Waals surface area contributed by atoms with Crippen LogP contribution < -0.4 is 9.47 Å². The number of esters is 2. The van der Waals surface area contributed by atoms with Crippen LogP contribution in [0.4, 0.5) is 0 Å². The zero-order chi connectivity index (χ0) is 35.4. The van der Waals surface area contributed by atoms with E-state index in [9.17, 15) is 39.6 Å². The van der Waals surface area contributed by atoms with Crippen molar-refractivity contribution < 1.29 is 49.1 Å². The topological polar surface area (TPSA) is 168 Å². The molecule has 10 nitrogen and oxygen atoms in total. The van der Waals surface area contributed by atoms with Gasteiger partial charge in [-0.05, 0) is 109 Å². The highest BCUT2D eigenvalue weighted by atomic mass is 16.5. The van der Waals surface area contributed by atoms with Gasteiger partial charge in [-0.3, -0.25) is 19.2 Å². The molecule has 0 aromatic heterocycles. The average Bonchev–Trinajstić information content (AvgIpc) is 3.09. The van der Waals surface area contributed by atoms with Crippen molar-refractivity contribution in [2.75, 3.05) is 26.4 Å². The molecule has 0 saturated carbocycles. The molecule has 2 aromatic rings. The molecule has 0 aliphatic carbocycles. The lowest BCUT2D eigenvalue weighted by atomic mass is 9.93.